The van der Waals surface area contributed by atoms with Crippen LogP contribution in [0, 0.1) is 17.8 Å². The van der Waals surface area contributed by atoms with Crippen LogP contribution in [0.4, 0.5) is 0 Å². The second-order valence-corrected chi connectivity index (χ2v) is 5.92. The maximum Gasteiger partial charge on any atom is 0.0827 e. The zero-order valence-corrected chi connectivity index (χ0v) is 12.0. The van der Waals surface area contributed by atoms with Gasteiger partial charge in [0.2, 0.25) is 0 Å². The molecule has 0 aliphatic carbocycles. The molecule has 0 amide bonds. The molecule has 3 nitrogen and oxygen atoms in total. The van der Waals surface area contributed by atoms with Crippen molar-refractivity contribution >= 4 is 0 Å². The fourth-order valence-electron chi connectivity index (χ4n) is 1.67. The second kappa shape index (κ2) is 6.77. The van der Waals surface area contributed by atoms with Crippen molar-refractivity contribution < 1.29 is 0 Å². The fraction of sp³-hybridized carbons (Fsp3) is 0.857. The van der Waals surface area contributed by atoms with Crippen molar-refractivity contribution in [3.63, 3.8) is 0 Å². The normalized spacial score (nSPS) is 13.6. The third kappa shape index (κ3) is 5.33. The Bertz CT molecular complexity index is 315. The third-order valence-corrected chi connectivity index (χ3v) is 3.52. The molecule has 0 radical (unpaired) electrons. The molecule has 0 fully saturated rings. The summed E-state index contributed by atoms with van der Waals surface area (Å²) in [6, 6.07) is 0. The van der Waals surface area contributed by atoms with E-state index >= 15 is 0 Å². The van der Waals surface area contributed by atoms with Crippen LogP contribution in [-0.2, 0) is 13.0 Å². The molecule has 17 heavy (non-hydrogen) atoms. The molecule has 0 aliphatic heterocycles. The van der Waals surface area contributed by atoms with Crippen molar-refractivity contribution in [3.8, 4) is 0 Å². The first-order valence-corrected chi connectivity index (χ1v) is 6.88. The lowest BCUT2D eigenvalue weighted by molar-refractivity contribution is 0.359. The summed E-state index contributed by atoms with van der Waals surface area (Å²) in [7, 11) is 0. The van der Waals surface area contributed by atoms with Crippen LogP contribution in [0.15, 0.2) is 6.20 Å². The van der Waals surface area contributed by atoms with E-state index in [1.54, 1.807) is 0 Å². The van der Waals surface area contributed by atoms with Gasteiger partial charge in [0, 0.05) is 12.7 Å². The molecule has 0 saturated heterocycles. The quantitative estimate of drug-likeness (QED) is 0.726. The maximum absolute atomic E-state index is 4.22. The van der Waals surface area contributed by atoms with Crippen molar-refractivity contribution in [3.05, 3.63) is 11.9 Å². The lowest BCUT2D eigenvalue weighted by atomic mass is 9.95. The van der Waals surface area contributed by atoms with Crippen LogP contribution in [0.25, 0.3) is 0 Å². The lowest BCUT2D eigenvalue weighted by Crippen LogP contribution is -2.09. The molecule has 1 unspecified atom stereocenters. The highest BCUT2D eigenvalue weighted by Crippen LogP contribution is 2.14. The van der Waals surface area contributed by atoms with E-state index in [9.17, 15) is 0 Å². The summed E-state index contributed by atoms with van der Waals surface area (Å²) in [5.41, 5.74) is 1.14. The number of hydrogen-bond acceptors (Lipinski definition) is 2. The van der Waals surface area contributed by atoms with E-state index in [1.807, 2.05) is 4.68 Å². The van der Waals surface area contributed by atoms with Gasteiger partial charge in [0.15, 0.2) is 0 Å². The molecule has 0 N–H and O–H groups in total. The monoisotopic (exact) mass is 237 g/mol. The highest BCUT2D eigenvalue weighted by molar-refractivity contribution is 4.92. The van der Waals surface area contributed by atoms with Crippen molar-refractivity contribution in [2.24, 2.45) is 17.8 Å². The zero-order valence-electron chi connectivity index (χ0n) is 12.0. The Morgan fingerprint density at radius 3 is 2.41 bits per heavy atom. The molecule has 0 spiro atoms. The zero-order chi connectivity index (χ0) is 12.8. The first-order valence-electron chi connectivity index (χ1n) is 6.88. The summed E-state index contributed by atoms with van der Waals surface area (Å²) in [4.78, 5) is 0. The SMILES string of the molecule is CC(C)CCc1cn(CCC(C)C(C)C)nn1. The van der Waals surface area contributed by atoms with Crippen LogP contribution in [0.3, 0.4) is 0 Å². The lowest BCUT2D eigenvalue weighted by Gasteiger charge is -2.14. The minimum Gasteiger partial charge on any atom is -0.252 e. The third-order valence-electron chi connectivity index (χ3n) is 3.52. The van der Waals surface area contributed by atoms with Gasteiger partial charge in [-0.15, -0.1) is 5.10 Å². The molecule has 1 aromatic heterocycles. The molecular weight excluding hydrogens is 210 g/mol. The number of rotatable bonds is 7. The van der Waals surface area contributed by atoms with E-state index in [1.165, 1.54) is 12.8 Å². The van der Waals surface area contributed by atoms with E-state index in [4.69, 9.17) is 0 Å². The van der Waals surface area contributed by atoms with E-state index in [-0.39, 0.29) is 0 Å². The van der Waals surface area contributed by atoms with Gasteiger partial charge in [-0.25, -0.2) is 0 Å². The molecule has 1 atom stereocenters. The predicted molar refractivity (Wildman–Crippen MR) is 71.8 cm³/mol. The van der Waals surface area contributed by atoms with Crippen LogP contribution in [0.5, 0.6) is 0 Å². The summed E-state index contributed by atoms with van der Waals surface area (Å²) in [6.45, 7) is 12.3. The van der Waals surface area contributed by atoms with Gasteiger partial charge in [0.25, 0.3) is 0 Å². The largest absolute Gasteiger partial charge is 0.252 e. The molecule has 0 aromatic carbocycles. The summed E-state index contributed by atoms with van der Waals surface area (Å²) < 4.78 is 1.99. The van der Waals surface area contributed by atoms with Crippen LogP contribution in [-0.4, -0.2) is 15.0 Å². The number of nitrogens with zero attached hydrogens (tertiary/aromatic N) is 3. The predicted octanol–water partition coefficient (Wildman–Crippen LogP) is 3.55. The fourth-order valence-corrected chi connectivity index (χ4v) is 1.67. The number of hydrogen-bond donors (Lipinski definition) is 0. The molecule has 1 rings (SSSR count). The Hall–Kier alpha value is -0.860. The Labute approximate surface area is 106 Å². The van der Waals surface area contributed by atoms with E-state index in [2.05, 4.69) is 51.1 Å². The highest BCUT2D eigenvalue weighted by Gasteiger charge is 2.08. The minimum absolute atomic E-state index is 0.737. The molecule has 1 aromatic rings. The van der Waals surface area contributed by atoms with Gasteiger partial charge in [0.05, 0.1) is 5.69 Å². The topological polar surface area (TPSA) is 30.7 Å². The summed E-state index contributed by atoms with van der Waals surface area (Å²) in [6.07, 6.45) is 5.54. The average molecular weight is 237 g/mol. The molecule has 3 heteroatoms. The van der Waals surface area contributed by atoms with Crippen LogP contribution in [0.1, 0.15) is 53.2 Å². The van der Waals surface area contributed by atoms with Gasteiger partial charge in [-0.1, -0.05) is 39.8 Å². The first-order chi connectivity index (χ1) is 7.99. The van der Waals surface area contributed by atoms with Gasteiger partial charge >= 0.3 is 0 Å². The number of aromatic nitrogens is 3. The molecule has 98 valence electrons. The molecule has 1 heterocycles. The van der Waals surface area contributed by atoms with Gasteiger partial charge in [0.1, 0.15) is 0 Å². The van der Waals surface area contributed by atoms with Gasteiger partial charge < -0.3 is 0 Å². The summed E-state index contributed by atoms with van der Waals surface area (Å²) >= 11 is 0. The van der Waals surface area contributed by atoms with Crippen LogP contribution in [0.2, 0.25) is 0 Å². The van der Waals surface area contributed by atoms with Crippen molar-refractivity contribution in [2.75, 3.05) is 0 Å². The summed E-state index contributed by atoms with van der Waals surface area (Å²) in [5.74, 6) is 2.23. The first kappa shape index (κ1) is 14.2. The van der Waals surface area contributed by atoms with Crippen molar-refractivity contribution in [2.45, 2.75) is 60.4 Å². The smallest absolute Gasteiger partial charge is 0.0827 e. The van der Waals surface area contributed by atoms with Gasteiger partial charge in [-0.05, 0) is 37.0 Å². The average Bonchev–Trinajstić information content (AvgIpc) is 2.70. The van der Waals surface area contributed by atoms with E-state index in [0.717, 1.165) is 36.4 Å². The second-order valence-electron chi connectivity index (χ2n) is 5.92. The molecule has 0 saturated carbocycles. The molecule has 0 bridgehead atoms. The van der Waals surface area contributed by atoms with Crippen LogP contribution < -0.4 is 0 Å². The molecular formula is C14H27N3. The Balaban J connectivity index is 2.35. The Morgan fingerprint density at radius 2 is 1.82 bits per heavy atom. The highest BCUT2D eigenvalue weighted by atomic mass is 15.4. The number of aryl methyl sites for hydroxylation is 2. The van der Waals surface area contributed by atoms with Crippen molar-refractivity contribution in [1.29, 1.82) is 0 Å². The molecule has 0 aliphatic rings. The minimum atomic E-state index is 0.737. The van der Waals surface area contributed by atoms with Gasteiger partial charge in [-0.2, -0.15) is 0 Å². The Kier molecular flexibility index (Phi) is 5.66. The van der Waals surface area contributed by atoms with E-state index < -0.39 is 0 Å². The maximum atomic E-state index is 4.22. The summed E-state index contributed by atoms with van der Waals surface area (Å²) in [5, 5.41) is 8.42. The van der Waals surface area contributed by atoms with Gasteiger partial charge in [-0.3, -0.25) is 4.68 Å². The van der Waals surface area contributed by atoms with E-state index in [0.29, 0.717) is 0 Å². The van der Waals surface area contributed by atoms with Crippen LogP contribution >= 0.6 is 0 Å². The standard InChI is InChI=1S/C14H27N3/c1-11(2)6-7-14-10-17(16-15-14)9-8-13(5)12(3)4/h10-13H,6-9H2,1-5H3. The van der Waals surface area contributed by atoms with Crippen molar-refractivity contribution in [1.82, 2.24) is 15.0 Å². The Morgan fingerprint density at radius 1 is 1.12 bits per heavy atom.